The van der Waals surface area contributed by atoms with Crippen LogP contribution in [0.2, 0.25) is 0 Å². The molecular formula is C23H23F5N4O4S. The largest absolute Gasteiger partial charge is 0.490 e. The Morgan fingerprint density at radius 2 is 1.86 bits per heavy atom. The van der Waals surface area contributed by atoms with Gasteiger partial charge in [-0.05, 0) is 54.1 Å². The van der Waals surface area contributed by atoms with E-state index in [4.69, 9.17) is 9.88 Å². The van der Waals surface area contributed by atoms with Gasteiger partial charge >= 0.3 is 6.18 Å². The fraction of sp³-hybridized carbons (Fsp3) is 0.348. The number of rotatable bonds is 9. The number of nitrogens with two attached hydrogens (primary N) is 1. The second-order valence-corrected chi connectivity index (χ2v) is 10.1. The van der Waals surface area contributed by atoms with Crippen molar-refractivity contribution in [1.29, 1.82) is 0 Å². The van der Waals surface area contributed by atoms with Crippen molar-refractivity contribution in [3.63, 3.8) is 0 Å². The molecule has 0 radical (unpaired) electrons. The summed E-state index contributed by atoms with van der Waals surface area (Å²) < 4.78 is 96.9. The highest BCUT2D eigenvalue weighted by Crippen LogP contribution is 2.35. The number of nitrogens with one attached hydrogen (secondary N) is 2. The molecule has 37 heavy (non-hydrogen) atoms. The summed E-state index contributed by atoms with van der Waals surface area (Å²) in [5, 5.41) is 19.3. The van der Waals surface area contributed by atoms with Gasteiger partial charge in [0.25, 0.3) is 10.2 Å². The van der Waals surface area contributed by atoms with E-state index in [1.807, 2.05) is 4.72 Å². The Labute approximate surface area is 208 Å². The van der Waals surface area contributed by atoms with Gasteiger partial charge in [0, 0.05) is 42.5 Å². The van der Waals surface area contributed by atoms with Crippen LogP contribution in [0.5, 0.6) is 5.75 Å². The molecule has 1 aromatic heterocycles. The third-order valence-electron chi connectivity index (χ3n) is 6.07. The van der Waals surface area contributed by atoms with Crippen molar-refractivity contribution in [3.05, 3.63) is 71.1 Å². The van der Waals surface area contributed by atoms with E-state index in [1.54, 1.807) is 6.07 Å². The highest BCUT2D eigenvalue weighted by Gasteiger charge is 2.36. The van der Waals surface area contributed by atoms with Gasteiger partial charge in [-0.1, -0.05) is 0 Å². The van der Waals surface area contributed by atoms with Gasteiger partial charge in [-0.3, -0.25) is 4.98 Å². The molecule has 200 valence electrons. The van der Waals surface area contributed by atoms with Crippen LogP contribution >= 0.6 is 0 Å². The number of fused-ring (bicyclic) bond motifs is 1. The maximum Gasteiger partial charge on any atom is 0.419 e. The normalized spacial score (nSPS) is 19.0. The number of pyridine rings is 1. The molecule has 0 spiro atoms. The van der Waals surface area contributed by atoms with Crippen molar-refractivity contribution in [2.75, 3.05) is 6.54 Å². The maximum atomic E-state index is 15.0. The van der Waals surface area contributed by atoms with E-state index in [0.29, 0.717) is 41.3 Å². The van der Waals surface area contributed by atoms with Gasteiger partial charge in [-0.2, -0.15) is 26.3 Å². The predicted octanol–water partition coefficient (Wildman–Crippen LogP) is 3.06. The molecule has 1 fully saturated rings. The van der Waals surface area contributed by atoms with Crippen LogP contribution in [0.3, 0.4) is 0 Å². The summed E-state index contributed by atoms with van der Waals surface area (Å²) >= 11 is 0. The lowest BCUT2D eigenvalue weighted by atomic mass is 9.88. The second-order valence-electron chi connectivity index (χ2n) is 8.69. The molecule has 1 aliphatic rings. The van der Waals surface area contributed by atoms with Crippen LogP contribution in [-0.2, 0) is 22.9 Å². The van der Waals surface area contributed by atoms with Gasteiger partial charge in [0.15, 0.2) is 0 Å². The van der Waals surface area contributed by atoms with Gasteiger partial charge in [0.2, 0.25) is 0 Å². The Bertz CT molecular complexity index is 1400. The topological polar surface area (TPSA) is 127 Å². The number of benzene rings is 2. The standard InChI is InChI=1S/C23H23F5N4O4S/c24-20-2-1-13(7-19(20)23(26,27)28)36-14-5-12(6-14)31-10-18-15-3-4-30-9-17(15)16(8-21(18)25)22(33)11-32-37(29,34)35/h1-4,7-9,12,14,22,31-33H,5-6,10-11H2,(H2,29,34,35). The first kappa shape index (κ1) is 27.1. The summed E-state index contributed by atoms with van der Waals surface area (Å²) in [5.41, 5.74) is -0.967. The molecule has 1 heterocycles. The molecule has 4 rings (SSSR count). The second kappa shape index (κ2) is 10.5. The first-order valence-corrected chi connectivity index (χ1v) is 12.6. The first-order valence-electron chi connectivity index (χ1n) is 11.1. The van der Waals surface area contributed by atoms with Crippen LogP contribution in [0, 0.1) is 11.6 Å². The van der Waals surface area contributed by atoms with E-state index in [2.05, 4.69) is 10.3 Å². The third kappa shape index (κ3) is 6.51. The summed E-state index contributed by atoms with van der Waals surface area (Å²) in [6, 6.07) is 5.04. The minimum atomic E-state index is -4.83. The van der Waals surface area contributed by atoms with Gasteiger partial charge in [0.1, 0.15) is 23.5 Å². The van der Waals surface area contributed by atoms with Crippen LogP contribution < -0.4 is 19.9 Å². The van der Waals surface area contributed by atoms with Crippen LogP contribution in [0.4, 0.5) is 22.0 Å². The highest BCUT2D eigenvalue weighted by molar-refractivity contribution is 7.87. The summed E-state index contributed by atoms with van der Waals surface area (Å²) in [6.07, 6.45) is -2.84. The number of nitrogens with zero attached hydrogens (tertiary/aromatic N) is 1. The molecule has 3 aromatic rings. The number of aliphatic hydroxyl groups excluding tert-OH is 1. The van der Waals surface area contributed by atoms with E-state index in [9.17, 15) is 31.1 Å². The Balaban J connectivity index is 1.40. The summed E-state index contributed by atoms with van der Waals surface area (Å²) in [7, 11) is -4.05. The molecule has 0 saturated heterocycles. The van der Waals surface area contributed by atoms with Gasteiger partial charge < -0.3 is 15.2 Å². The molecule has 14 heteroatoms. The van der Waals surface area contributed by atoms with Crippen LogP contribution in [0.15, 0.2) is 42.7 Å². The minimum Gasteiger partial charge on any atom is -0.490 e. The summed E-state index contributed by atoms with van der Waals surface area (Å²) in [4.78, 5) is 4.01. The SMILES string of the molecule is NS(=O)(=O)NCC(O)c1cc(F)c(CNC2CC(Oc3ccc(F)c(C(F)(F)F)c3)C2)c2ccncc12. The molecule has 1 aliphatic carbocycles. The molecule has 1 unspecified atom stereocenters. The smallest absolute Gasteiger partial charge is 0.419 e. The average molecular weight is 547 g/mol. The number of alkyl halides is 3. The molecule has 5 N–H and O–H groups in total. The quantitative estimate of drug-likeness (QED) is 0.306. The van der Waals surface area contributed by atoms with Crippen molar-refractivity contribution in [1.82, 2.24) is 15.0 Å². The van der Waals surface area contributed by atoms with E-state index in [1.165, 1.54) is 12.4 Å². The molecule has 8 nitrogen and oxygen atoms in total. The molecule has 0 amide bonds. The number of aliphatic hydroxyl groups is 1. The minimum absolute atomic E-state index is 0.0900. The van der Waals surface area contributed by atoms with Crippen molar-refractivity contribution in [2.24, 2.45) is 5.14 Å². The predicted molar refractivity (Wildman–Crippen MR) is 123 cm³/mol. The van der Waals surface area contributed by atoms with Crippen molar-refractivity contribution >= 4 is 21.0 Å². The van der Waals surface area contributed by atoms with Crippen molar-refractivity contribution in [3.8, 4) is 5.75 Å². The van der Waals surface area contributed by atoms with E-state index in [-0.39, 0.29) is 23.9 Å². The zero-order valence-electron chi connectivity index (χ0n) is 19.1. The van der Waals surface area contributed by atoms with Crippen LogP contribution in [0.25, 0.3) is 10.8 Å². The Morgan fingerprint density at radius 3 is 2.54 bits per heavy atom. The summed E-state index contributed by atoms with van der Waals surface area (Å²) in [5.74, 6) is -2.10. The number of hydrogen-bond donors (Lipinski definition) is 4. The van der Waals surface area contributed by atoms with Crippen LogP contribution in [-0.4, -0.2) is 37.2 Å². The number of aromatic nitrogens is 1. The third-order valence-corrected chi connectivity index (χ3v) is 6.64. The Hall–Kier alpha value is -2.91. The number of ether oxygens (including phenoxy) is 1. The number of halogens is 5. The van der Waals surface area contributed by atoms with E-state index < -0.39 is 52.3 Å². The van der Waals surface area contributed by atoms with Crippen molar-refractivity contribution < 1.29 is 40.2 Å². The fourth-order valence-corrected chi connectivity index (χ4v) is 4.53. The molecule has 0 aliphatic heterocycles. The zero-order valence-corrected chi connectivity index (χ0v) is 19.9. The lowest BCUT2D eigenvalue weighted by molar-refractivity contribution is -0.140. The number of hydrogen-bond acceptors (Lipinski definition) is 6. The molecule has 0 bridgehead atoms. The van der Waals surface area contributed by atoms with Gasteiger partial charge in [-0.25, -0.2) is 13.9 Å². The molecule has 1 saturated carbocycles. The fourth-order valence-electron chi connectivity index (χ4n) is 4.14. The molecule has 2 aromatic carbocycles. The zero-order chi connectivity index (χ0) is 27.0. The van der Waals surface area contributed by atoms with Gasteiger partial charge in [0.05, 0.1) is 11.7 Å². The first-order chi connectivity index (χ1) is 17.3. The average Bonchev–Trinajstić information content (AvgIpc) is 2.79. The van der Waals surface area contributed by atoms with E-state index >= 15 is 4.39 Å². The lowest BCUT2D eigenvalue weighted by Crippen LogP contribution is -2.46. The lowest BCUT2D eigenvalue weighted by Gasteiger charge is -2.36. The molecule has 1 atom stereocenters. The van der Waals surface area contributed by atoms with Crippen molar-refractivity contribution in [2.45, 2.75) is 43.8 Å². The van der Waals surface area contributed by atoms with Crippen LogP contribution in [0.1, 0.15) is 35.6 Å². The van der Waals surface area contributed by atoms with E-state index in [0.717, 1.165) is 12.1 Å². The Kier molecular flexibility index (Phi) is 7.67. The maximum absolute atomic E-state index is 15.0. The summed E-state index contributed by atoms with van der Waals surface area (Å²) in [6.45, 7) is -0.355. The Morgan fingerprint density at radius 1 is 1.14 bits per heavy atom. The highest BCUT2D eigenvalue weighted by atomic mass is 32.2. The monoisotopic (exact) mass is 546 g/mol. The molecular weight excluding hydrogens is 523 g/mol. The van der Waals surface area contributed by atoms with Gasteiger partial charge in [-0.15, -0.1) is 0 Å².